The topological polar surface area (TPSA) is 38.0 Å². The number of hydrogen-bond acceptors (Lipinski definition) is 2. The Morgan fingerprint density at radius 1 is 1.30 bits per heavy atom. The van der Waals surface area contributed by atoms with Gasteiger partial charge in [0.1, 0.15) is 0 Å². The Morgan fingerprint density at radius 2 is 2.00 bits per heavy atom. The molecule has 58 valence electrons. The molecule has 10 heavy (non-hydrogen) atoms. The summed E-state index contributed by atoms with van der Waals surface area (Å²) in [6.45, 7) is 2.22. The fraction of sp³-hybridized carbons (Fsp3) is 1.00. The first-order valence-electron chi connectivity index (χ1n) is 4.30. The second-order valence-electron chi connectivity index (χ2n) is 3.81. The lowest BCUT2D eigenvalue weighted by Crippen LogP contribution is -2.38. The molecular weight excluding hydrogens is 124 g/mol. The molecule has 0 amide bonds. The molecular formula is C8H16N2. The van der Waals surface area contributed by atoms with Crippen LogP contribution in [0.1, 0.15) is 25.7 Å². The lowest BCUT2D eigenvalue weighted by molar-refractivity contribution is 0.296. The van der Waals surface area contributed by atoms with E-state index in [2.05, 4.69) is 5.32 Å². The van der Waals surface area contributed by atoms with E-state index < -0.39 is 0 Å². The van der Waals surface area contributed by atoms with Gasteiger partial charge in [0.15, 0.2) is 0 Å². The molecule has 3 N–H and O–H groups in total. The Bertz CT molecular complexity index is 122. The molecule has 2 nitrogen and oxygen atoms in total. The van der Waals surface area contributed by atoms with E-state index in [9.17, 15) is 0 Å². The second-order valence-corrected chi connectivity index (χ2v) is 3.81. The van der Waals surface area contributed by atoms with E-state index in [1.807, 2.05) is 0 Å². The van der Waals surface area contributed by atoms with Gasteiger partial charge in [0.25, 0.3) is 0 Å². The summed E-state index contributed by atoms with van der Waals surface area (Å²) in [7, 11) is 0. The highest BCUT2D eigenvalue weighted by Gasteiger charge is 2.42. The molecule has 1 saturated heterocycles. The summed E-state index contributed by atoms with van der Waals surface area (Å²) in [5.41, 5.74) is 6.53. The van der Waals surface area contributed by atoms with Crippen molar-refractivity contribution in [2.45, 2.75) is 31.7 Å². The van der Waals surface area contributed by atoms with Gasteiger partial charge in [-0.1, -0.05) is 12.8 Å². The van der Waals surface area contributed by atoms with Crippen LogP contribution in [0.5, 0.6) is 0 Å². The fourth-order valence-corrected chi connectivity index (χ4v) is 2.45. The zero-order chi connectivity index (χ0) is 7.03. The minimum atomic E-state index is 0.440. The normalized spacial score (nSPS) is 37.5. The third kappa shape index (κ3) is 0.789. The van der Waals surface area contributed by atoms with Crippen LogP contribution in [0.25, 0.3) is 0 Å². The Labute approximate surface area is 62.2 Å². The van der Waals surface area contributed by atoms with Crippen molar-refractivity contribution in [2.75, 3.05) is 13.1 Å². The first-order chi connectivity index (χ1) is 4.83. The van der Waals surface area contributed by atoms with Crippen LogP contribution in [0.15, 0.2) is 0 Å². The molecule has 0 aromatic heterocycles. The number of hydrogen-bond donors (Lipinski definition) is 2. The van der Waals surface area contributed by atoms with Gasteiger partial charge in [-0.05, 0) is 18.3 Å². The molecule has 1 atom stereocenters. The maximum atomic E-state index is 6.01. The third-order valence-corrected chi connectivity index (χ3v) is 3.23. The Balaban J connectivity index is 2.11. The molecule has 0 unspecified atom stereocenters. The Morgan fingerprint density at radius 3 is 2.50 bits per heavy atom. The van der Waals surface area contributed by atoms with E-state index in [0.29, 0.717) is 11.5 Å². The Kier molecular flexibility index (Phi) is 1.46. The fourth-order valence-electron chi connectivity index (χ4n) is 2.45. The molecule has 0 aromatic carbocycles. The average Bonchev–Trinajstić information content (AvgIpc) is 2.48. The van der Waals surface area contributed by atoms with Crippen LogP contribution in [0, 0.1) is 5.41 Å². The van der Waals surface area contributed by atoms with Gasteiger partial charge in [0.05, 0.1) is 0 Å². The van der Waals surface area contributed by atoms with E-state index in [4.69, 9.17) is 5.73 Å². The summed E-state index contributed by atoms with van der Waals surface area (Å²) >= 11 is 0. The van der Waals surface area contributed by atoms with Crippen LogP contribution in [-0.2, 0) is 0 Å². The van der Waals surface area contributed by atoms with Crippen LogP contribution in [-0.4, -0.2) is 19.1 Å². The van der Waals surface area contributed by atoms with Gasteiger partial charge < -0.3 is 11.1 Å². The lowest BCUT2D eigenvalue weighted by Gasteiger charge is -2.26. The summed E-state index contributed by atoms with van der Waals surface area (Å²) in [6.07, 6.45) is 5.52. The predicted octanol–water partition coefficient (Wildman–Crippen LogP) is 0.477. The minimum Gasteiger partial charge on any atom is -0.326 e. The number of rotatable bonds is 0. The minimum absolute atomic E-state index is 0.440. The highest BCUT2D eigenvalue weighted by molar-refractivity contribution is 5.00. The molecule has 0 aromatic rings. The van der Waals surface area contributed by atoms with Gasteiger partial charge in [0, 0.05) is 19.1 Å². The van der Waals surface area contributed by atoms with Gasteiger partial charge in [-0.25, -0.2) is 0 Å². The van der Waals surface area contributed by atoms with Crippen molar-refractivity contribution in [1.82, 2.24) is 5.32 Å². The van der Waals surface area contributed by atoms with Gasteiger partial charge in [-0.15, -0.1) is 0 Å². The van der Waals surface area contributed by atoms with Crippen LogP contribution < -0.4 is 11.1 Å². The molecule has 1 aliphatic heterocycles. The number of nitrogens with two attached hydrogens (primary N) is 1. The first kappa shape index (κ1) is 6.62. The van der Waals surface area contributed by atoms with Crippen LogP contribution in [0.3, 0.4) is 0 Å². The van der Waals surface area contributed by atoms with Crippen LogP contribution in [0.2, 0.25) is 0 Å². The zero-order valence-corrected chi connectivity index (χ0v) is 6.40. The molecule has 2 aliphatic rings. The van der Waals surface area contributed by atoms with E-state index in [-0.39, 0.29) is 0 Å². The highest BCUT2D eigenvalue weighted by Crippen LogP contribution is 2.41. The lowest BCUT2D eigenvalue weighted by atomic mass is 9.82. The molecule has 1 heterocycles. The maximum Gasteiger partial charge on any atom is 0.0234 e. The van der Waals surface area contributed by atoms with Gasteiger partial charge in [-0.2, -0.15) is 0 Å². The van der Waals surface area contributed by atoms with E-state index in [1.54, 1.807) is 0 Å². The molecule has 1 saturated carbocycles. The zero-order valence-electron chi connectivity index (χ0n) is 6.40. The highest BCUT2D eigenvalue weighted by atomic mass is 15.0. The first-order valence-corrected chi connectivity index (χ1v) is 4.30. The van der Waals surface area contributed by atoms with Crippen molar-refractivity contribution in [3.05, 3.63) is 0 Å². The van der Waals surface area contributed by atoms with Crippen molar-refractivity contribution in [1.29, 1.82) is 0 Å². The van der Waals surface area contributed by atoms with Crippen molar-refractivity contribution in [3.63, 3.8) is 0 Å². The molecule has 2 heteroatoms. The summed E-state index contributed by atoms with van der Waals surface area (Å²) < 4.78 is 0. The molecule has 0 radical (unpaired) electrons. The Hall–Kier alpha value is -0.0800. The smallest absolute Gasteiger partial charge is 0.0234 e. The van der Waals surface area contributed by atoms with Crippen molar-refractivity contribution >= 4 is 0 Å². The van der Waals surface area contributed by atoms with E-state index in [1.165, 1.54) is 32.2 Å². The van der Waals surface area contributed by atoms with Gasteiger partial charge in [0.2, 0.25) is 0 Å². The van der Waals surface area contributed by atoms with Gasteiger partial charge in [-0.3, -0.25) is 0 Å². The van der Waals surface area contributed by atoms with E-state index in [0.717, 1.165) is 6.54 Å². The van der Waals surface area contributed by atoms with Gasteiger partial charge >= 0.3 is 0 Å². The average molecular weight is 140 g/mol. The maximum absolute atomic E-state index is 6.01. The molecule has 1 aliphatic carbocycles. The quantitative estimate of drug-likeness (QED) is 0.513. The largest absolute Gasteiger partial charge is 0.326 e. The molecule has 2 fully saturated rings. The van der Waals surface area contributed by atoms with E-state index >= 15 is 0 Å². The summed E-state index contributed by atoms with van der Waals surface area (Å²) in [5.74, 6) is 0. The van der Waals surface area contributed by atoms with Crippen LogP contribution in [0.4, 0.5) is 0 Å². The molecule has 1 spiro atoms. The SMILES string of the molecule is N[C@@H]1CNCC12CCCC2. The van der Waals surface area contributed by atoms with Crippen molar-refractivity contribution in [3.8, 4) is 0 Å². The van der Waals surface area contributed by atoms with Crippen molar-refractivity contribution < 1.29 is 0 Å². The predicted molar refractivity (Wildman–Crippen MR) is 41.7 cm³/mol. The van der Waals surface area contributed by atoms with Crippen LogP contribution >= 0.6 is 0 Å². The standard InChI is InChI=1S/C8H16N2/c9-7-5-10-6-8(7)3-1-2-4-8/h7,10H,1-6,9H2/t7-/m1/s1. The third-order valence-electron chi connectivity index (χ3n) is 3.23. The molecule has 2 rings (SSSR count). The summed E-state index contributed by atoms with van der Waals surface area (Å²) in [6, 6.07) is 0.440. The number of nitrogens with one attached hydrogen (secondary N) is 1. The monoisotopic (exact) mass is 140 g/mol. The summed E-state index contributed by atoms with van der Waals surface area (Å²) in [5, 5.41) is 3.38. The summed E-state index contributed by atoms with van der Waals surface area (Å²) in [4.78, 5) is 0. The van der Waals surface area contributed by atoms with Crippen molar-refractivity contribution in [2.24, 2.45) is 11.1 Å². The second kappa shape index (κ2) is 2.21. The molecule has 0 bridgehead atoms.